The molecular weight excluding hydrogens is 302 g/mol. The van der Waals surface area contributed by atoms with Gasteiger partial charge in [-0.2, -0.15) is 0 Å². The van der Waals surface area contributed by atoms with Crippen molar-refractivity contribution in [2.75, 3.05) is 29.4 Å². The molecule has 5 heteroatoms. The van der Waals surface area contributed by atoms with E-state index in [4.69, 9.17) is 4.52 Å². The summed E-state index contributed by atoms with van der Waals surface area (Å²) in [5.74, 6) is 2.11. The van der Waals surface area contributed by atoms with Crippen molar-refractivity contribution in [3.8, 4) is 0 Å². The molecule has 5 nitrogen and oxygen atoms in total. The molecule has 0 N–H and O–H groups in total. The van der Waals surface area contributed by atoms with E-state index in [-0.39, 0.29) is 5.91 Å². The third-order valence-electron chi connectivity index (χ3n) is 5.25. The summed E-state index contributed by atoms with van der Waals surface area (Å²) in [7, 11) is 0. The van der Waals surface area contributed by atoms with Crippen LogP contribution in [0.3, 0.4) is 0 Å². The van der Waals surface area contributed by atoms with Crippen LogP contribution >= 0.6 is 0 Å². The maximum Gasteiger partial charge on any atom is 0.280 e. The van der Waals surface area contributed by atoms with E-state index >= 15 is 0 Å². The van der Waals surface area contributed by atoms with Crippen molar-refractivity contribution in [1.29, 1.82) is 0 Å². The predicted molar refractivity (Wildman–Crippen MR) is 91.5 cm³/mol. The summed E-state index contributed by atoms with van der Waals surface area (Å²) in [5, 5.41) is 4.02. The van der Waals surface area contributed by atoms with Crippen molar-refractivity contribution < 1.29 is 9.32 Å². The largest absolute Gasteiger partial charge is 0.368 e. The number of anilines is 2. The van der Waals surface area contributed by atoms with Crippen molar-refractivity contribution in [2.45, 2.75) is 31.6 Å². The molecule has 1 amide bonds. The monoisotopic (exact) mass is 323 g/mol. The molecule has 0 saturated heterocycles. The zero-order chi connectivity index (χ0) is 16.1. The Morgan fingerprint density at radius 1 is 1.12 bits per heavy atom. The lowest BCUT2D eigenvalue weighted by atomic mass is 10.1. The smallest absolute Gasteiger partial charge is 0.280 e. The molecule has 0 unspecified atom stereocenters. The first-order chi connectivity index (χ1) is 11.8. The number of carbonyl (C=O) groups is 1. The minimum atomic E-state index is -0.0517. The number of rotatable bonds is 4. The molecule has 2 aliphatic carbocycles. The van der Waals surface area contributed by atoms with Crippen LogP contribution in [0.1, 0.15) is 47.8 Å². The van der Waals surface area contributed by atoms with Gasteiger partial charge in [0.15, 0.2) is 5.69 Å². The molecule has 124 valence electrons. The van der Waals surface area contributed by atoms with E-state index in [1.165, 1.54) is 12.8 Å². The van der Waals surface area contributed by atoms with Crippen molar-refractivity contribution >= 4 is 17.3 Å². The molecule has 2 fully saturated rings. The summed E-state index contributed by atoms with van der Waals surface area (Å²) in [4.78, 5) is 17.2. The molecule has 3 aliphatic rings. The molecule has 24 heavy (non-hydrogen) atoms. The van der Waals surface area contributed by atoms with Gasteiger partial charge in [-0.3, -0.25) is 4.79 Å². The quantitative estimate of drug-likeness (QED) is 0.865. The molecule has 2 heterocycles. The Balaban J connectivity index is 1.43. The lowest BCUT2D eigenvalue weighted by molar-refractivity contribution is 0.0977. The highest BCUT2D eigenvalue weighted by atomic mass is 16.5. The molecule has 2 saturated carbocycles. The van der Waals surface area contributed by atoms with Crippen molar-refractivity contribution in [1.82, 2.24) is 5.16 Å². The maximum absolute atomic E-state index is 12.9. The number of para-hydroxylation sites is 2. The summed E-state index contributed by atoms with van der Waals surface area (Å²) in [6, 6.07) is 10.0. The molecule has 2 aromatic rings. The number of nitrogens with zero attached hydrogens (tertiary/aromatic N) is 3. The second kappa shape index (κ2) is 5.36. The first-order valence-electron chi connectivity index (χ1n) is 8.92. The minimum absolute atomic E-state index is 0.0517. The Bertz CT molecular complexity index is 776. The predicted octanol–water partition coefficient (Wildman–Crippen LogP) is 3.43. The van der Waals surface area contributed by atoms with Crippen LogP contribution in [0.2, 0.25) is 0 Å². The third-order valence-corrected chi connectivity index (χ3v) is 5.25. The number of benzene rings is 1. The highest BCUT2D eigenvalue weighted by molar-refractivity contribution is 6.07. The Morgan fingerprint density at radius 3 is 2.67 bits per heavy atom. The van der Waals surface area contributed by atoms with E-state index in [0.29, 0.717) is 18.2 Å². The first kappa shape index (κ1) is 14.1. The van der Waals surface area contributed by atoms with Gasteiger partial charge in [-0.15, -0.1) is 0 Å². The van der Waals surface area contributed by atoms with Crippen LogP contribution in [0, 0.1) is 5.92 Å². The fourth-order valence-electron chi connectivity index (χ4n) is 3.52. The number of hydrogen-bond acceptors (Lipinski definition) is 4. The summed E-state index contributed by atoms with van der Waals surface area (Å²) < 4.78 is 5.36. The number of carbonyl (C=O) groups excluding carboxylic acids is 1. The van der Waals surface area contributed by atoms with Crippen LogP contribution in [0.25, 0.3) is 0 Å². The highest BCUT2D eigenvalue weighted by Gasteiger charge is 2.33. The minimum Gasteiger partial charge on any atom is -0.368 e. The maximum atomic E-state index is 12.9. The van der Waals surface area contributed by atoms with Crippen LogP contribution in [0.15, 0.2) is 34.9 Å². The lowest BCUT2D eigenvalue weighted by Crippen LogP contribution is -2.44. The first-order valence-corrected chi connectivity index (χ1v) is 8.92. The average molecular weight is 323 g/mol. The van der Waals surface area contributed by atoms with E-state index in [9.17, 15) is 4.79 Å². The number of fused-ring (bicyclic) bond motifs is 1. The summed E-state index contributed by atoms with van der Waals surface area (Å²) in [5.41, 5.74) is 2.59. The Morgan fingerprint density at radius 2 is 1.92 bits per heavy atom. The molecular formula is C19H21N3O2. The van der Waals surface area contributed by atoms with Crippen molar-refractivity contribution in [3.63, 3.8) is 0 Å². The van der Waals surface area contributed by atoms with Gasteiger partial charge in [0.2, 0.25) is 0 Å². The molecule has 0 bridgehead atoms. The van der Waals surface area contributed by atoms with Crippen LogP contribution < -0.4 is 9.80 Å². The van der Waals surface area contributed by atoms with Gasteiger partial charge >= 0.3 is 0 Å². The normalized spacial score (nSPS) is 20.2. The van der Waals surface area contributed by atoms with E-state index < -0.39 is 0 Å². The van der Waals surface area contributed by atoms with Crippen LogP contribution in [0.4, 0.5) is 11.4 Å². The summed E-state index contributed by atoms with van der Waals surface area (Å²) >= 11 is 0. The molecule has 0 radical (unpaired) electrons. The fourth-order valence-corrected chi connectivity index (χ4v) is 3.52. The number of hydrogen-bond donors (Lipinski definition) is 0. The van der Waals surface area contributed by atoms with E-state index in [1.807, 2.05) is 29.2 Å². The third kappa shape index (κ3) is 2.48. The van der Waals surface area contributed by atoms with Gasteiger partial charge < -0.3 is 14.3 Å². The molecule has 1 aromatic heterocycles. The standard InChI is InChI=1S/C19H21N3O2/c23-19(15-11-18(24-20-15)14-7-8-14)22-10-9-21(12-13-5-6-13)16-3-1-2-4-17(16)22/h1-4,11,13-14H,5-10,12H2. The SMILES string of the molecule is O=C(c1cc(C2CC2)on1)N1CCN(CC2CC2)c2ccccc21. The Hall–Kier alpha value is -2.30. The molecule has 1 aliphatic heterocycles. The number of aromatic nitrogens is 1. The van der Waals surface area contributed by atoms with Crippen molar-refractivity contribution in [2.24, 2.45) is 5.92 Å². The fraction of sp³-hybridized carbons (Fsp3) is 0.474. The van der Waals surface area contributed by atoms with Gasteiger partial charge in [0, 0.05) is 31.6 Å². The molecule has 0 spiro atoms. The van der Waals surface area contributed by atoms with Gasteiger partial charge in [0.25, 0.3) is 5.91 Å². The Kier molecular flexibility index (Phi) is 3.15. The summed E-state index contributed by atoms with van der Waals surface area (Å²) in [6.07, 6.45) is 4.96. The van der Waals surface area contributed by atoms with Gasteiger partial charge in [-0.1, -0.05) is 17.3 Å². The van der Waals surface area contributed by atoms with Gasteiger partial charge in [0.1, 0.15) is 5.76 Å². The van der Waals surface area contributed by atoms with Gasteiger partial charge in [-0.05, 0) is 43.7 Å². The topological polar surface area (TPSA) is 49.6 Å². The number of amides is 1. The zero-order valence-corrected chi connectivity index (χ0v) is 13.6. The lowest BCUT2D eigenvalue weighted by Gasteiger charge is -2.37. The average Bonchev–Trinajstić information content (AvgIpc) is 3.55. The van der Waals surface area contributed by atoms with Crippen LogP contribution in [-0.2, 0) is 0 Å². The molecule has 5 rings (SSSR count). The molecule has 1 aromatic carbocycles. The molecule has 0 atom stereocenters. The van der Waals surface area contributed by atoms with Crippen LogP contribution in [-0.4, -0.2) is 30.7 Å². The Labute approximate surface area is 141 Å². The van der Waals surface area contributed by atoms with Gasteiger partial charge in [-0.25, -0.2) is 0 Å². The second-order valence-corrected chi connectivity index (χ2v) is 7.22. The second-order valence-electron chi connectivity index (χ2n) is 7.22. The van der Waals surface area contributed by atoms with Gasteiger partial charge in [0.05, 0.1) is 11.4 Å². The zero-order valence-electron chi connectivity index (χ0n) is 13.6. The van der Waals surface area contributed by atoms with Crippen molar-refractivity contribution in [3.05, 3.63) is 41.8 Å². The highest BCUT2D eigenvalue weighted by Crippen LogP contribution is 2.41. The summed E-state index contributed by atoms with van der Waals surface area (Å²) in [6.45, 7) is 2.69. The van der Waals surface area contributed by atoms with Crippen LogP contribution in [0.5, 0.6) is 0 Å². The van der Waals surface area contributed by atoms with E-state index in [1.54, 1.807) is 0 Å². The van der Waals surface area contributed by atoms with E-state index in [2.05, 4.69) is 16.1 Å². The van der Waals surface area contributed by atoms with E-state index in [0.717, 1.165) is 49.0 Å².